The highest BCUT2D eigenvalue weighted by atomic mass is 32.2. The standard InChI is InChI=1S/C15H22N2O4S/c1-12-10-13(22(19,20)16(2)3)6-7-14(12)21-11-15(18)17-8-4-5-9-17/h6-7,10H,4-5,8-9,11H2,1-3H3. The molecule has 1 aromatic carbocycles. The van der Waals surface area contributed by atoms with Gasteiger partial charge in [0.05, 0.1) is 4.90 Å². The van der Waals surface area contributed by atoms with Gasteiger partial charge in [-0.25, -0.2) is 12.7 Å². The van der Waals surface area contributed by atoms with E-state index in [9.17, 15) is 13.2 Å². The van der Waals surface area contributed by atoms with E-state index in [4.69, 9.17) is 4.74 Å². The fourth-order valence-corrected chi connectivity index (χ4v) is 3.34. The molecule has 0 radical (unpaired) electrons. The zero-order chi connectivity index (χ0) is 16.3. The fourth-order valence-electron chi connectivity index (χ4n) is 2.35. The molecule has 1 aliphatic heterocycles. The number of nitrogens with zero attached hydrogens (tertiary/aromatic N) is 2. The van der Waals surface area contributed by atoms with Crippen LogP contribution in [-0.2, 0) is 14.8 Å². The second-order valence-corrected chi connectivity index (χ2v) is 7.74. The van der Waals surface area contributed by atoms with E-state index in [0.717, 1.165) is 25.9 Å². The number of benzene rings is 1. The molecule has 1 aliphatic rings. The van der Waals surface area contributed by atoms with Crippen LogP contribution in [0.3, 0.4) is 0 Å². The van der Waals surface area contributed by atoms with Crippen LogP contribution in [0.4, 0.5) is 0 Å². The van der Waals surface area contributed by atoms with Crippen molar-refractivity contribution in [2.45, 2.75) is 24.7 Å². The molecule has 0 bridgehead atoms. The van der Waals surface area contributed by atoms with Crippen molar-refractivity contribution in [2.24, 2.45) is 0 Å². The molecule has 0 atom stereocenters. The van der Waals surface area contributed by atoms with Gasteiger partial charge in [-0.3, -0.25) is 4.79 Å². The number of hydrogen-bond donors (Lipinski definition) is 0. The lowest BCUT2D eigenvalue weighted by atomic mass is 10.2. The average Bonchev–Trinajstić information content (AvgIpc) is 2.99. The van der Waals surface area contributed by atoms with Gasteiger partial charge in [0.1, 0.15) is 5.75 Å². The molecule has 7 heteroatoms. The quantitative estimate of drug-likeness (QED) is 0.817. The molecule has 1 amide bonds. The minimum Gasteiger partial charge on any atom is -0.483 e. The van der Waals surface area contributed by atoms with Gasteiger partial charge in [-0.1, -0.05) is 0 Å². The third kappa shape index (κ3) is 3.59. The summed E-state index contributed by atoms with van der Waals surface area (Å²) in [4.78, 5) is 14.0. The van der Waals surface area contributed by atoms with Crippen molar-refractivity contribution in [3.8, 4) is 5.75 Å². The van der Waals surface area contributed by atoms with Crippen LogP contribution in [0.15, 0.2) is 23.1 Å². The molecule has 1 fully saturated rings. The predicted molar refractivity (Wildman–Crippen MR) is 83.4 cm³/mol. The lowest BCUT2D eigenvalue weighted by molar-refractivity contribution is -0.132. The Morgan fingerprint density at radius 1 is 1.27 bits per heavy atom. The number of ether oxygens (including phenoxy) is 1. The molecule has 0 N–H and O–H groups in total. The van der Waals surface area contributed by atoms with E-state index in [1.165, 1.54) is 24.5 Å². The monoisotopic (exact) mass is 326 g/mol. The van der Waals surface area contributed by atoms with Gasteiger partial charge in [0, 0.05) is 27.2 Å². The van der Waals surface area contributed by atoms with E-state index in [1.807, 2.05) is 0 Å². The second kappa shape index (κ2) is 6.66. The Bertz CT molecular complexity index is 650. The van der Waals surface area contributed by atoms with Gasteiger partial charge in [-0.15, -0.1) is 0 Å². The highest BCUT2D eigenvalue weighted by Crippen LogP contribution is 2.23. The zero-order valence-corrected chi connectivity index (χ0v) is 14.0. The molecule has 0 aromatic heterocycles. The second-order valence-electron chi connectivity index (χ2n) is 5.59. The van der Waals surface area contributed by atoms with E-state index in [2.05, 4.69) is 0 Å². The van der Waals surface area contributed by atoms with Crippen molar-refractivity contribution in [3.05, 3.63) is 23.8 Å². The number of aryl methyl sites for hydroxylation is 1. The third-order valence-electron chi connectivity index (χ3n) is 3.73. The van der Waals surface area contributed by atoms with E-state index >= 15 is 0 Å². The number of rotatable bonds is 5. The summed E-state index contributed by atoms with van der Waals surface area (Å²) in [5.41, 5.74) is 0.692. The van der Waals surface area contributed by atoms with Crippen LogP contribution in [0.1, 0.15) is 18.4 Å². The highest BCUT2D eigenvalue weighted by Gasteiger charge is 2.20. The van der Waals surface area contributed by atoms with Crippen LogP contribution in [0.2, 0.25) is 0 Å². The Balaban J connectivity index is 2.05. The van der Waals surface area contributed by atoms with Crippen LogP contribution in [0, 0.1) is 6.92 Å². The van der Waals surface area contributed by atoms with Gasteiger partial charge in [-0.2, -0.15) is 0 Å². The Kier molecular flexibility index (Phi) is 5.08. The number of hydrogen-bond acceptors (Lipinski definition) is 4. The van der Waals surface area contributed by atoms with Crippen molar-refractivity contribution in [3.63, 3.8) is 0 Å². The molecule has 0 unspecified atom stereocenters. The van der Waals surface area contributed by atoms with Gasteiger partial charge in [-0.05, 0) is 43.5 Å². The Morgan fingerprint density at radius 3 is 2.45 bits per heavy atom. The van der Waals surface area contributed by atoms with Crippen LogP contribution in [0.5, 0.6) is 5.75 Å². The number of carbonyl (C=O) groups excluding carboxylic acids is 1. The first-order chi connectivity index (χ1) is 10.3. The van der Waals surface area contributed by atoms with E-state index in [-0.39, 0.29) is 17.4 Å². The molecule has 2 rings (SSSR count). The molecule has 6 nitrogen and oxygen atoms in total. The van der Waals surface area contributed by atoms with Gasteiger partial charge in [0.15, 0.2) is 6.61 Å². The summed E-state index contributed by atoms with van der Waals surface area (Å²) in [5.74, 6) is 0.507. The minimum absolute atomic E-state index is 0.0133. The van der Waals surface area contributed by atoms with Crippen molar-refractivity contribution in [1.82, 2.24) is 9.21 Å². The summed E-state index contributed by atoms with van der Waals surface area (Å²) >= 11 is 0. The van der Waals surface area contributed by atoms with Gasteiger partial charge < -0.3 is 9.64 Å². The van der Waals surface area contributed by atoms with Crippen LogP contribution in [-0.4, -0.2) is 57.3 Å². The molecule has 0 spiro atoms. The Morgan fingerprint density at radius 2 is 1.91 bits per heavy atom. The number of amides is 1. The molecule has 1 aromatic rings. The first-order valence-corrected chi connectivity index (χ1v) is 8.70. The van der Waals surface area contributed by atoms with Crippen molar-refractivity contribution >= 4 is 15.9 Å². The molecule has 122 valence electrons. The maximum absolute atomic E-state index is 12.1. The molecule has 0 aliphatic carbocycles. The summed E-state index contributed by atoms with van der Waals surface area (Å²) in [6.07, 6.45) is 2.09. The Labute approximate surface area is 131 Å². The number of carbonyl (C=O) groups is 1. The first-order valence-electron chi connectivity index (χ1n) is 7.26. The van der Waals surface area contributed by atoms with Crippen molar-refractivity contribution in [2.75, 3.05) is 33.8 Å². The van der Waals surface area contributed by atoms with Gasteiger partial charge in [0.25, 0.3) is 5.91 Å². The van der Waals surface area contributed by atoms with Gasteiger partial charge >= 0.3 is 0 Å². The lowest BCUT2D eigenvalue weighted by Gasteiger charge is -2.17. The lowest BCUT2D eigenvalue weighted by Crippen LogP contribution is -2.32. The molecule has 22 heavy (non-hydrogen) atoms. The largest absolute Gasteiger partial charge is 0.483 e. The topological polar surface area (TPSA) is 66.9 Å². The highest BCUT2D eigenvalue weighted by molar-refractivity contribution is 7.89. The predicted octanol–water partition coefficient (Wildman–Crippen LogP) is 1.25. The average molecular weight is 326 g/mol. The van der Waals surface area contributed by atoms with Crippen LogP contribution >= 0.6 is 0 Å². The van der Waals surface area contributed by atoms with Crippen LogP contribution in [0.25, 0.3) is 0 Å². The van der Waals surface area contributed by atoms with Crippen molar-refractivity contribution in [1.29, 1.82) is 0 Å². The molecule has 0 saturated carbocycles. The third-order valence-corrected chi connectivity index (χ3v) is 5.55. The maximum Gasteiger partial charge on any atom is 0.260 e. The zero-order valence-electron chi connectivity index (χ0n) is 13.2. The normalized spacial score (nSPS) is 15.4. The van der Waals surface area contributed by atoms with Gasteiger partial charge in [0.2, 0.25) is 10.0 Å². The molecule has 1 heterocycles. The molecular formula is C15H22N2O4S. The summed E-state index contributed by atoms with van der Waals surface area (Å²) < 4.78 is 30.8. The SMILES string of the molecule is Cc1cc(S(=O)(=O)N(C)C)ccc1OCC(=O)N1CCCC1. The minimum atomic E-state index is -3.46. The smallest absolute Gasteiger partial charge is 0.260 e. The molecular weight excluding hydrogens is 304 g/mol. The number of likely N-dealkylation sites (tertiary alicyclic amines) is 1. The number of sulfonamides is 1. The van der Waals surface area contributed by atoms with E-state index in [1.54, 1.807) is 24.0 Å². The summed E-state index contributed by atoms with van der Waals surface area (Å²) in [5, 5.41) is 0. The summed E-state index contributed by atoms with van der Waals surface area (Å²) in [6, 6.07) is 4.66. The fraction of sp³-hybridized carbons (Fsp3) is 0.533. The summed E-state index contributed by atoms with van der Waals surface area (Å²) in [6.45, 7) is 3.34. The first kappa shape index (κ1) is 16.8. The van der Waals surface area contributed by atoms with Crippen LogP contribution < -0.4 is 4.74 Å². The van der Waals surface area contributed by atoms with Crippen molar-refractivity contribution < 1.29 is 17.9 Å². The summed E-state index contributed by atoms with van der Waals surface area (Å²) in [7, 11) is -0.478. The van der Waals surface area contributed by atoms with E-state index in [0.29, 0.717) is 11.3 Å². The maximum atomic E-state index is 12.1. The van der Waals surface area contributed by atoms with E-state index < -0.39 is 10.0 Å². The molecule has 1 saturated heterocycles. The Hall–Kier alpha value is -1.60.